The number of hydrogen-bond donors (Lipinski definition) is 3. The van der Waals surface area contributed by atoms with Crippen LogP contribution in [-0.2, 0) is 10.0 Å². The Balaban J connectivity index is 2.24. The Morgan fingerprint density at radius 2 is 2.05 bits per heavy atom. The minimum Gasteiger partial charge on any atom is -0.398 e. The lowest BCUT2D eigenvalue weighted by molar-refractivity contribution is 0.598. The number of anilines is 1. The van der Waals surface area contributed by atoms with Crippen LogP contribution in [-0.4, -0.2) is 29.0 Å². The Morgan fingerprint density at radius 3 is 2.68 bits per heavy atom. The summed E-state index contributed by atoms with van der Waals surface area (Å²) in [7, 11) is -3.96. The molecule has 1 aromatic carbocycles. The third-order valence-corrected chi connectivity index (χ3v) is 5.23. The molecule has 0 unspecified atom stereocenters. The standard InChI is InChI=1S/C11H9ClN6O2S2/c12-7-4-8(13)6(3-9(7)22(14,19)20)10-5(1-2-21-10)11-15-17-18-16-11/h1-4H,13H2,(H2,14,19,20)(H,15,16,17,18). The van der Waals surface area contributed by atoms with E-state index in [1.54, 1.807) is 6.07 Å². The highest BCUT2D eigenvalue weighted by Crippen LogP contribution is 2.40. The van der Waals surface area contributed by atoms with Crippen molar-refractivity contribution in [1.82, 2.24) is 20.6 Å². The summed E-state index contributed by atoms with van der Waals surface area (Å²) in [6, 6.07) is 4.49. The first-order valence-corrected chi connectivity index (χ1v) is 8.62. The van der Waals surface area contributed by atoms with Gasteiger partial charge in [-0.15, -0.1) is 21.5 Å². The third kappa shape index (κ3) is 2.57. The average molecular weight is 357 g/mol. The van der Waals surface area contributed by atoms with E-state index in [2.05, 4.69) is 20.6 Å². The first-order chi connectivity index (χ1) is 10.4. The largest absolute Gasteiger partial charge is 0.398 e. The lowest BCUT2D eigenvalue weighted by atomic mass is 10.1. The fraction of sp³-hybridized carbons (Fsp3) is 0. The zero-order valence-corrected chi connectivity index (χ0v) is 13.2. The van der Waals surface area contributed by atoms with Crippen LogP contribution in [0.4, 0.5) is 5.69 Å². The summed E-state index contributed by atoms with van der Waals surface area (Å²) in [6.45, 7) is 0. The number of hydrogen-bond acceptors (Lipinski definition) is 7. The van der Waals surface area contributed by atoms with E-state index in [1.165, 1.54) is 23.5 Å². The number of halogens is 1. The molecule has 0 spiro atoms. The highest BCUT2D eigenvalue weighted by atomic mass is 35.5. The lowest BCUT2D eigenvalue weighted by Gasteiger charge is -2.09. The molecule has 3 aromatic rings. The number of aromatic nitrogens is 4. The number of nitrogens with zero attached hydrogens (tertiary/aromatic N) is 3. The summed E-state index contributed by atoms with van der Waals surface area (Å²) in [6.07, 6.45) is 0. The molecule has 2 heterocycles. The summed E-state index contributed by atoms with van der Waals surface area (Å²) in [4.78, 5) is 0.506. The zero-order chi connectivity index (χ0) is 15.9. The first kappa shape index (κ1) is 14.9. The van der Waals surface area contributed by atoms with Crippen LogP contribution >= 0.6 is 22.9 Å². The third-order valence-electron chi connectivity index (χ3n) is 2.91. The molecule has 22 heavy (non-hydrogen) atoms. The highest BCUT2D eigenvalue weighted by molar-refractivity contribution is 7.89. The van der Waals surface area contributed by atoms with Crippen molar-refractivity contribution in [2.45, 2.75) is 4.90 Å². The number of rotatable bonds is 3. The minimum absolute atomic E-state index is 0.0265. The van der Waals surface area contributed by atoms with E-state index < -0.39 is 10.0 Å². The predicted octanol–water partition coefficient (Wildman–Crippen LogP) is 1.48. The second-order valence-electron chi connectivity index (χ2n) is 4.31. The number of nitrogens with two attached hydrogens (primary N) is 2. The van der Waals surface area contributed by atoms with Crippen molar-refractivity contribution in [1.29, 1.82) is 0 Å². The SMILES string of the molecule is Nc1cc(Cl)c(S(N)(=O)=O)cc1-c1sccc1-c1nn[nH]n1. The van der Waals surface area contributed by atoms with Crippen LogP contribution in [0.25, 0.3) is 21.8 Å². The summed E-state index contributed by atoms with van der Waals surface area (Å²) in [5, 5.41) is 20.7. The number of tetrazole rings is 1. The molecule has 0 amide bonds. The second kappa shape index (κ2) is 5.32. The van der Waals surface area contributed by atoms with Crippen LogP contribution in [0.2, 0.25) is 5.02 Å². The molecule has 0 aliphatic rings. The highest BCUT2D eigenvalue weighted by Gasteiger charge is 2.20. The maximum atomic E-state index is 11.6. The number of H-pyrrole nitrogens is 1. The topological polar surface area (TPSA) is 141 Å². The van der Waals surface area contributed by atoms with Gasteiger partial charge in [0.25, 0.3) is 0 Å². The van der Waals surface area contributed by atoms with Gasteiger partial charge in [0.2, 0.25) is 15.8 Å². The molecule has 0 aliphatic carbocycles. The quantitative estimate of drug-likeness (QED) is 0.607. The molecule has 0 fully saturated rings. The molecular formula is C11H9ClN6O2S2. The Hall–Kier alpha value is -2.01. The van der Waals surface area contributed by atoms with Gasteiger partial charge in [0, 0.05) is 21.7 Å². The van der Waals surface area contributed by atoms with E-state index in [9.17, 15) is 8.42 Å². The Morgan fingerprint density at radius 1 is 1.27 bits per heavy atom. The monoisotopic (exact) mass is 356 g/mol. The average Bonchev–Trinajstić information content (AvgIpc) is 3.07. The maximum Gasteiger partial charge on any atom is 0.239 e. The smallest absolute Gasteiger partial charge is 0.239 e. The molecule has 0 aliphatic heterocycles. The molecule has 8 nitrogen and oxygen atoms in total. The lowest BCUT2D eigenvalue weighted by Crippen LogP contribution is -2.13. The van der Waals surface area contributed by atoms with Crippen molar-refractivity contribution < 1.29 is 8.42 Å². The van der Waals surface area contributed by atoms with E-state index in [0.29, 0.717) is 27.5 Å². The van der Waals surface area contributed by atoms with Gasteiger partial charge in [-0.05, 0) is 28.8 Å². The molecule has 2 aromatic heterocycles. The molecule has 0 bridgehead atoms. The van der Waals surface area contributed by atoms with Crippen molar-refractivity contribution >= 4 is 38.6 Å². The minimum atomic E-state index is -3.96. The molecule has 114 valence electrons. The normalized spacial score (nSPS) is 11.7. The van der Waals surface area contributed by atoms with Gasteiger partial charge in [0.15, 0.2) is 0 Å². The molecule has 0 saturated heterocycles. The zero-order valence-electron chi connectivity index (χ0n) is 10.8. The number of benzene rings is 1. The van der Waals surface area contributed by atoms with Gasteiger partial charge < -0.3 is 5.73 Å². The molecule has 11 heteroatoms. The number of aromatic amines is 1. The molecule has 0 atom stereocenters. The van der Waals surface area contributed by atoms with Crippen molar-refractivity contribution in [2.75, 3.05) is 5.73 Å². The number of primary sulfonamides is 1. The van der Waals surface area contributed by atoms with Crippen LogP contribution in [0, 0.1) is 0 Å². The fourth-order valence-electron chi connectivity index (χ4n) is 1.95. The van der Waals surface area contributed by atoms with E-state index in [0.717, 1.165) is 0 Å². The number of nitrogens with one attached hydrogen (secondary N) is 1. The summed E-state index contributed by atoms with van der Waals surface area (Å²) < 4.78 is 23.2. The molecule has 0 radical (unpaired) electrons. The molecule has 0 saturated carbocycles. The van der Waals surface area contributed by atoms with Gasteiger partial charge in [-0.25, -0.2) is 13.6 Å². The fourth-order valence-corrected chi connectivity index (χ4v) is 3.99. The maximum absolute atomic E-state index is 11.6. The van der Waals surface area contributed by atoms with Crippen LogP contribution in [0.1, 0.15) is 0 Å². The van der Waals surface area contributed by atoms with E-state index in [1.807, 2.05) is 5.38 Å². The van der Waals surface area contributed by atoms with E-state index in [4.69, 9.17) is 22.5 Å². The van der Waals surface area contributed by atoms with Crippen LogP contribution in [0.3, 0.4) is 0 Å². The number of sulfonamides is 1. The van der Waals surface area contributed by atoms with Crippen molar-refractivity contribution in [3.05, 3.63) is 28.6 Å². The van der Waals surface area contributed by atoms with Crippen LogP contribution in [0.15, 0.2) is 28.5 Å². The van der Waals surface area contributed by atoms with Crippen LogP contribution < -0.4 is 10.9 Å². The predicted molar refractivity (Wildman–Crippen MR) is 83.7 cm³/mol. The van der Waals surface area contributed by atoms with Gasteiger partial charge in [-0.2, -0.15) is 5.21 Å². The molecule has 3 rings (SSSR count). The van der Waals surface area contributed by atoms with E-state index in [-0.39, 0.29) is 9.92 Å². The molecule has 5 N–H and O–H groups in total. The number of thiophene rings is 1. The van der Waals surface area contributed by atoms with Gasteiger partial charge in [-0.1, -0.05) is 11.6 Å². The van der Waals surface area contributed by atoms with Gasteiger partial charge in [0.1, 0.15) is 4.90 Å². The molecular weight excluding hydrogens is 348 g/mol. The van der Waals surface area contributed by atoms with Crippen molar-refractivity contribution in [2.24, 2.45) is 5.14 Å². The Bertz CT molecular complexity index is 936. The van der Waals surface area contributed by atoms with Crippen molar-refractivity contribution in [3.63, 3.8) is 0 Å². The summed E-state index contributed by atoms with van der Waals surface area (Å²) >= 11 is 7.27. The summed E-state index contributed by atoms with van der Waals surface area (Å²) in [5.74, 6) is 0.378. The van der Waals surface area contributed by atoms with Gasteiger partial charge >= 0.3 is 0 Å². The second-order valence-corrected chi connectivity index (χ2v) is 7.17. The Labute approximate surface area is 134 Å². The van der Waals surface area contributed by atoms with Crippen LogP contribution in [0.5, 0.6) is 0 Å². The van der Waals surface area contributed by atoms with Gasteiger partial charge in [0.05, 0.1) is 5.02 Å². The van der Waals surface area contributed by atoms with Gasteiger partial charge in [-0.3, -0.25) is 0 Å². The van der Waals surface area contributed by atoms with Crippen molar-refractivity contribution in [3.8, 4) is 21.8 Å². The number of nitrogen functional groups attached to an aromatic ring is 1. The first-order valence-electron chi connectivity index (χ1n) is 5.81. The van der Waals surface area contributed by atoms with E-state index >= 15 is 0 Å². The summed E-state index contributed by atoms with van der Waals surface area (Å²) in [5.41, 5.74) is 7.46. The Kier molecular flexibility index (Phi) is 3.60.